The molecule has 2 saturated carbocycles. The number of nitrogens with zero attached hydrogens (tertiary/aromatic N) is 3. The average molecular weight is 928 g/mol. The van der Waals surface area contributed by atoms with Crippen LogP contribution in [0, 0.1) is 0 Å². The van der Waals surface area contributed by atoms with E-state index in [2.05, 4.69) is 29.9 Å². The Morgan fingerprint density at radius 3 is 2.06 bits per heavy atom. The van der Waals surface area contributed by atoms with Crippen molar-refractivity contribution in [3.05, 3.63) is 47.5 Å². The molecule has 3 aliphatic heterocycles. The minimum atomic E-state index is -0.949. The molecular formula is C47H67ClN6O7S2. The minimum Gasteiger partial charge on any atom is -0.396 e. The van der Waals surface area contributed by atoms with Crippen molar-refractivity contribution in [3.8, 4) is 0 Å². The Morgan fingerprint density at radius 1 is 0.810 bits per heavy atom. The zero-order chi connectivity index (χ0) is 45.1. The first-order valence-electron chi connectivity index (χ1n) is 23.0. The van der Waals surface area contributed by atoms with Gasteiger partial charge in [0.15, 0.2) is 10.5 Å². The largest absolute Gasteiger partial charge is 0.396 e. The van der Waals surface area contributed by atoms with Crippen LogP contribution in [0.4, 0.5) is 11.4 Å². The highest BCUT2D eigenvalue weighted by molar-refractivity contribution is 8.02. The van der Waals surface area contributed by atoms with Crippen molar-refractivity contribution < 1.29 is 33.9 Å². The zero-order valence-electron chi connectivity index (χ0n) is 37.0. The van der Waals surface area contributed by atoms with E-state index in [1.165, 1.54) is 71.8 Å². The van der Waals surface area contributed by atoms with Crippen LogP contribution in [0.1, 0.15) is 116 Å². The van der Waals surface area contributed by atoms with Crippen molar-refractivity contribution in [2.24, 2.45) is 0 Å². The molecule has 3 heterocycles. The van der Waals surface area contributed by atoms with E-state index in [1.807, 2.05) is 30.3 Å². The number of aliphatic hydroxyl groups is 1. The monoisotopic (exact) mass is 926 g/mol. The van der Waals surface area contributed by atoms with Gasteiger partial charge in [0, 0.05) is 47.6 Å². The highest BCUT2D eigenvalue weighted by Gasteiger charge is 2.42. The lowest BCUT2D eigenvalue weighted by atomic mass is 9.95. The number of hydrogen-bond donors (Lipinski definition) is 4. The first-order chi connectivity index (χ1) is 30.6. The molecule has 2 aromatic rings. The van der Waals surface area contributed by atoms with Crippen molar-refractivity contribution in [3.63, 3.8) is 0 Å². The summed E-state index contributed by atoms with van der Waals surface area (Å²) in [5.41, 5.74) is 1.20. The van der Waals surface area contributed by atoms with E-state index >= 15 is 0 Å². The van der Waals surface area contributed by atoms with Crippen molar-refractivity contribution in [2.45, 2.75) is 154 Å². The number of unbranched alkanes of at least 4 members (excludes halogenated alkanes) is 1. The molecular weight excluding hydrogens is 860 g/mol. The molecule has 3 atom stereocenters. The number of fused-ring (bicyclic) bond motifs is 2. The van der Waals surface area contributed by atoms with Gasteiger partial charge in [-0.15, -0.1) is 23.5 Å². The smallest absolute Gasteiger partial charge is 0.250 e. The van der Waals surface area contributed by atoms with Gasteiger partial charge in [0.1, 0.15) is 12.8 Å². The van der Waals surface area contributed by atoms with Gasteiger partial charge in [0.25, 0.3) is 11.8 Å². The molecule has 2 aromatic carbocycles. The number of benzene rings is 2. The summed E-state index contributed by atoms with van der Waals surface area (Å²) in [5.74, 6) is -1.45. The number of carbonyl (C=O) groups is 6. The van der Waals surface area contributed by atoms with Gasteiger partial charge in [-0.2, -0.15) is 0 Å². The number of amides is 5. The summed E-state index contributed by atoms with van der Waals surface area (Å²) in [6.45, 7) is 3.26. The third-order valence-corrected chi connectivity index (χ3v) is 15.0. The van der Waals surface area contributed by atoms with Gasteiger partial charge >= 0.3 is 0 Å². The molecule has 4 N–H and O–H groups in total. The summed E-state index contributed by atoms with van der Waals surface area (Å²) >= 11 is 8.65. The van der Waals surface area contributed by atoms with E-state index in [-0.39, 0.29) is 61.3 Å². The zero-order valence-corrected chi connectivity index (χ0v) is 39.4. The number of thioether (sulfide) groups is 2. The molecule has 7 rings (SSSR count). The number of para-hydroxylation sites is 2. The molecule has 0 radical (unpaired) electrons. The van der Waals surface area contributed by atoms with Crippen LogP contribution >= 0.6 is 35.1 Å². The number of likely N-dealkylation sites (tertiary alicyclic amines) is 1. The maximum Gasteiger partial charge on any atom is 0.250 e. The van der Waals surface area contributed by atoms with E-state index in [0.29, 0.717) is 42.2 Å². The number of anilines is 2. The quantitative estimate of drug-likeness (QED) is 0.116. The van der Waals surface area contributed by atoms with E-state index in [4.69, 9.17) is 11.6 Å². The number of piperidine rings is 1. The van der Waals surface area contributed by atoms with E-state index in [1.54, 1.807) is 17.0 Å². The number of hydrogen-bond acceptors (Lipinski definition) is 10. The average Bonchev–Trinajstić information content (AvgIpc) is 3.31. The Morgan fingerprint density at radius 2 is 1.43 bits per heavy atom. The fourth-order valence-electron chi connectivity index (χ4n) is 8.75. The van der Waals surface area contributed by atoms with Gasteiger partial charge in [-0.25, -0.2) is 0 Å². The Kier molecular flexibility index (Phi) is 21.1. The van der Waals surface area contributed by atoms with Gasteiger partial charge in [-0.05, 0) is 89.1 Å². The van der Waals surface area contributed by atoms with E-state index < -0.39 is 10.5 Å². The van der Waals surface area contributed by atoms with Gasteiger partial charge in [0.05, 0.1) is 22.9 Å². The van der Waals surface area contributed by atoms with Gasteiger partial charge in [-0.3, -0.25) is 24.0 Å². The number of nitrogens with one attached hydrogen (secondary N) is 3. The molecule has 3 fully saturated rings. The van der Waals surface area contributed by atoms with Crippen molar-refractivity contribution in [2.75, 3.05) is 49.6 Å². The number of rotatable bonds is 14. The van der Waals surface area contributed by atoms with Crippen LogP contribution < -0.4 is 25.8 Å². The Bertz CT molecular complexity index is 1840. The van der Waals surface area contributed by atoms with Gasteiger partial charge in [0.2, 0.25) is 17.7 Å². The van der Waals surface area contributed by atoms with Crippen LogP contribution in [0.2, 0.25) is 5.02 Å². The molecule has 5 aliphatic rings. The van der Waals surface area contributed by atoms with Crippen LogP contribution in [0.5, 0.6) is 0 Å². The highest BCUT2D eigenvalue weighted by atomic mass is 35.5. The Hall–Kier alpha value is -3.63. The second kappa shape index (κ2) is 26.4. The molecule has 0 aromatic heterocycles. The molecule has 3 unspecified atom stereocenters. The third-order valence-electron chi connectivity index (χ3n) is 12.2. The molecule has 0 bridgehead atoms. The lowest BCUT2D eigenvalue weighted by Crippen LogP contribution is -2.53. The number of aliphatic hydroxyl groups excluding tert-OH is 1. The highest BCUT2D eigenvalue weighted by Crippen LogP contribution is 2.44. The summed E-state index contributed by atoms with van der Waals surface area (Å²) in [6.07, 6.45) is 19.4. The predicted molar refractivity (Wildman–Crippen MR) is 252 cm³/mol. The lowest BCUT2D eigenvalue weighted by Gasteiger charge is -2.36. The van der Waals surface area contributed by atoms with Crippen LogP contribution in [0.3, 0.4) is 0 Å². The summed E-state index contributed by atoms with van der Waals surface area (Å²) < 4.78 is 0. The van der Waals surface area contributed by atoms with Crippen molar-refractivity contribution in [1.29, 1.82) is 0 Å². The number of carbonyl (C=O) groups excluding carboxylic acids is 6. The maximum atomic E-state index is 13.3. The fourth-order valence-corrected chi connectivity index (χ4v) is 11.4. The molecule has 5 amide bonds. The Labute approximate surface area is 386 Å². The molecule has 2 aliphatic carbocycles. The first-order valence-corrected chi connectivity index (χ1v) is 25.2. The van der Waals surface area contributed by atoms with Gasteiger partial charge in [-0.1, -0.05) is 88.1 Å². The topological polar surface area (TPSA) is 168 Å². The normalized spacial score (nSPS) is 20.8. The summed E-state index contributed by atoms with van der Waals surface area (Å²) in [7, 11) is 2.07. The summed E-state index contributed by atoms with van der Waals surface area (Å²) in [4.78, 5) is 81.7. The molecule has 13 nitrogen and oxygen atoms in total. The lowest BCUT2D eigenvalue weighted by molar-refractivity contribution is -0.135. The number of aldehydes is 1. The number of halogens is 1. The maximum absolute atomic E-state index is 13.3. The second-order valence-electron chi connectivity index (χ2n) is 16.9. The first kappa shape index (κ1) is 50.4. The standard InChI is InChI=1S/C24H35N3O4S.C16H17ClN2O3S.C7H15N/c1-2-3-9-18(14-15-28)26-23(30)22-24(31)27(19-12-7-8-13-20(19)32-22)16-21(29)25-17-10-5-4-6-11-17;17-11-5-4-6-12-13(11)19(9-10-20)16(22)14(23-12)15(21)18-7-2-1-3-8-18;1-8-7-5-3-2-4-6-7/h7-8,12-13,17-18,22,28H,2-6,9-11,14-16H2,1H3,(H,25,29)(H,26,30);4-6,10,14H,1-3,7-9H2;7-8H,2-6H2,1H3. The Balaban J connectivity index is 0.000000209. The second-order valence-corrected chi connectivity index (χ2v) is 19.6. The molecule has 16 heteroatoms. The predicted octanol–water partition coefficient (Wildman–Crippen LogP) is 6.90. The van der Waals surface area contributed by atoms with E-state index in [9.17, 15) is 33.9 Å². The van der Waals surface area contributed by atoms with Crippen molar-refractivity contribution in [1.82, 2.24) is 20.9 Å². The van der Waals surface area contributed by atoms with E-state index in [0.717, 1.165) is 80.0 Å². The SMILES string of the molecule is CCCCC(CCO)NC(=O)C1Sc2ccccc2N(CC(=O)NC2CCCCC2)C1=O.CNC1CCCCC1.O=CCN1C(=O)C(C(=O)N2CCCCC2)Sc2cccc(Cl)c21. The van der Waals surface area contributed by atoms with Crippen LogP contribution in [-0.2, 0) is 28.8 Å². The molecule has 0 spiro atoms. The van der Waals surface area contributed by atoms with Gasteiger partial charge < -0.3 is 40.6 Å². The molecule has 63 heavy (non-hydrogen) atoms. The van der Waals surface area contributed by atoms with Crippen LogP contribution in [0.15, 0.2) is 52.3 Å². The van der Waals surface area contributed by atoms with Crippen LogP contribution in [-0.4, -0.2) is 114 Å². The fraction of sp³-hybridized carbons (Fsp3) is 0.617. The minimum absolute atomic E-state index is 0.0171. The third kappa shape index (κ3) is 14.4. The summed E-state index contributed by atoms with van der Waals surface area (Å²) in [5, 5.41) is 17.3. The molecule has 346 valence electrons. The summed E-state index contributed by atoms with van der Waals surface area (Å²) in [6, 6.07) is 13.5. The molecule has 1 saturated heterocycles. The van der Waals surface area contributed by atoms with Crippen LogP contribution in [0.25, 0.3) is 0 Å². The van der Waals surface area contributed by atoms with Crippen molar-refractivity contribution >= 4 is 82.3 Å².